The van der Waals surface area contributed by atoms with Crippen LogP contribution in [0.5, 0.6) is 0 Å². The number of fused-ring (bicyclic) bond motifs is 1. The predicted octanol–water partition coefficient (Wildman–Crippen LogP) is 4.61. The smallest absolute Gasteiger partial charge is 0.0693 e. The number of ether oxygens (including phenoxy) is 1. The van der Waals surface area contributed by atoms with Crippen molar-refractivity contribution in [3.63, 3.8) is 0 Å². The second-order valence-corrected chi connectivity index (χ2v) is 7.07. The minimum absolute atomic E-state index is 0.153. The van der Waals surface area contributed by atoms with Crippen LogP contribution >= 0.6 is 23.2 Å². The number of hydrogen-bond donors (Lipinski definition) is 1. The molecule has 3 unspecified atom stereocenters. The largest absolute Gasteiger partial charge is 0.381 e. The van der Waals surface area contributed by atoms with E-state index in [1.54, 1.807) is 6.07 Å². The van der Waals surface area contributed by atoms with Crippen LogP contribution in [0.15, 0.2) is 18.2 Å². The first-order chi connectivity index (χ1) is 8.98. The van der Waals surface area contributed by atoms with E-state index in [1.807, 2.05) is 12.1 Å². The SMILES string of the molecule is CC1(C)C(Nc2cc(Cl)cc(Cl)c2)C2CCCOC21. The molecule has 104 valence electrons. The zero-order chi connectivity index (χ0) is 13.6. The molecule has 1 saturated carbocycles. The van der Waals surface area contributed by atoms with E-state index >= 15 is 0 Å². The Morgan fingerprint density at radius 1 is 1.21 bits per heavy atom. The lowest BCUT2D eigenvalue weighted by Gasteiger charge is -2.60. The molecule has 1 aliphatic heterocycles. The fourth-order valence-corrected chi connectivity index (χ4v) is 4.16. The highest BCUT2D eigenvalue weighted by Gasteiger charge is 2.57. The molecule has 1 aromatic rings. The van der Waals surface area contributed by atoms with Crippen LogP contribution in [0, 0.1) is 11.3 Å². The maximum Gasteiger partial charge on any atom is 0.0693 e. The van der Waals surface area contributed by atoms with Crippen LogP contribution in [-0.2, 0) is 4.74 Å². The number of hydrogen-bond acceptors (Lipinski definition) is 2. The van der Waals surface area contributed by atoms with Gasteiger partial charge in [-0.3, -0.25) is 0 Å². The van der Waals surface area contributed by atoms with Crippen LogP contribution in [0.1, 0.15) is 26.7 Å². The highest BCUT2D eigenvalue weighted by Crippen LogP contribution is 2.52. The Bertz CT molecular complexity index is 469. The minimum Gasteiger partial charge on any atom is -0.381 e. The summed E-state index contributed by atoms with van der Waals surface area (Å²) in [7, 11) is 0. The zero-order valence-corrected chi connectivity index (χ0v) is 12.8. The van der Waals surface area contributed by atoms with Crippen LogP contribution < -0.4 is 5.32 Å². The van der Waals surface area contributed by atoms with Gasteiger partial charge in [0.1, 0.15) is 0 Å². The molecule has 2 nitrogen and oxygen atoms in total. The van der Waals surface area contributed by atoms with Gasteiger partial charge in [-0.25, -0.2) is 0 Å². The molecule has 4 heteroatoms. The zero-order valence-electron chi connectivity index (χ0n) is 11.2. The number of halogens is 2. The minimum atomic E-state index is 0.153. The second kappa shape index (κ2) is 4.83. The number of nitrogens with one attached hydrogen (secondary N) is 1. The summed E-state index contributed by atoms with van der Waals surface area (Å²) in [6, 6.07) is 6.04. The molecular weight excluding hydrogens is 281 g/mol. The Morgan fingerprint density at radius 3 is 2.58 bits per heavy atom. The van der Waals surface area contributed by atoms with Crippen LogP contribution in [-0.4, -0.2) is 18.8 Å². The summed E-state index contributed by atoms with van der Waals surface area (Å²) < 4.78 is 5.92. The lowest BCUT2D eigenvalue weighted by molar-refractivity contribution is -0.177. The van der Waals surface area contributed by atoms with Gasteiger partial charge in [-0.1, -0.05) is 37.0 Å². The van der Waals surface area contributed by atoms with Gasteiger partial charge in [0, 0.05) is 39.7 Å². The van der Waals surface area contributed by atoms with Crippen LogP contribution in [0.25, 0.3) is 0 Å². The van der Waals surface area contributed by atoms with E-state index in [1.165, 1.54) is 6.42 Å². The van der Waals surface area contributed by atoms with Crippen molar-refractivity contribution in [2.45, 2.75) is 38.8 Å². The number of rotatable bonds is 2. The van der Waals surface area contributed by atoms with E-state index in [4.69, 9.17) is 27.9 Å². The summed E-state index contributed by atoms with van der Waals surface area (Å²) >= 11 is 12.1. The number of benzene rings is 1. The van der Waals surface area contributed by atoms with Crippen LogP contribution in [0.3, 0.4) is 0 Å². The lowest BCUT2D eigenvalue weighted by atomic mass is 9.55. The molecule has 1 aromatic carbocycles. The molecule has 0 bridgehead atoms. The molecule has 1 heterocycles. The summed E-state index contributed by atoms with van der Waals surface area (Å²) in [5.41, 5.74) is 1.15. The summed E-state index contributed by atoms with van der Waals surface area (Å²) in [5.74, 6) is 0.599. The molecule has 3 atom stereocenters. The first-order valence-electron chi connectivity index (χ1n) is 6.83. The van der Waals surface area contributed by atoms with Gasteiger partial charge < -0.3 is 10.1 Å². The highest BCUT2D eigenvalue weighted by atomic mass is 35.5. The van der Waals surface area contributed by atoms with Crippen LogP contribution in [0.4, 0.5) is 5.69 Å². The molecule has 1 N–H and O–H groups in total. The van der Waals surface area contributed by atoms with Gasteiger partial charge >= 0.3 is 0 Å². The maximum absolute atomic E-state index is 6.05. The average Bonchev–Trinajstić information content (AvgIpc) is 2.35. The molecular formula is C15H19Cl2NO. The Balaban J connectivity index is 1.79. The van der Waals surface area contributed by atoms with Gasteiger partial charge in [0.25, 0.3) is 0 Å². The molecule has 0 radical (unpaired) electrons. The molecule has 1 saturated heterocycles. The lowest BCUT2D eigenvalue weighted by Crippen LogP contribution is -2.67. The third kappa shape index (κ3) is 2.35. The fraction of sp³-hybridized carbons (Fsp3) is 0.600. The molecule has 1 aliphatic carbocycles. The van der Waals surface area contributed by atoms with Crippen molar-refractivity contribution >= 4 is 28.9 Å². The number of anilines is 1. The molecule has 3 rings (SSSR count). The molecule has 0 aromatic heterocycles. The van der Waals surface area contributed by atoms with Crippen molar-refractivity contribution in [2.24, 2.45) is 11.3 Å². The van der Waals surface area contributed by atoms with E-state index in [-0.39, 0.29) is 5.41 Å². The molecule has 0 amide bonds. The quantitative estimate of drug-likeness (QED) is 0.861. The highest BCUT2D eigenvalue weighted by molar-refractivity contribution is 6.35. The first-order valence-corrected chi connectivity index (χ1v) is 7.58. The van der Waals surface area contributed by atoms with Crippen molar-refractivity contribution in [3.8, 4) is 0 Å². The third-order valence-corrected chi connectivity index (χ3v) is 4.95. The van der Waals surface area contributed by atoms with Gasteiger partial charge in [0.05, 0.1) is 6.10 Å². The summed E-state index contributed by atoms with van der Waals surface area (Å²) in [4.78, 5) is 0. The van der Waals surface area contributed by atoms with E-state index in [9.17, 15) is 0 Å². The van der Waals surface area contributed by atoms with Crippen molar-refractivity contribution < 1.29 is 4.74 Å². The van der Waals surface area contributed by atoms with Crippen molar-refractivity contribution in [3.05, 3.63) is 28.2 Å². The van der Waals surface area contributed by atoms with E-state index in [0.717, 1.165) is 18.7 Å². The molecule has 0 spiro atoms. The van der Waals surface area contributed by atoms with E-state index < -0.39 is 0 Å². The van der Waals surface area contributed by atoms with E-state index in [0.29, 0.717) is 28.1 Å². The van der Waals surface area contributed by atoms with Gasteiger partial charge in [0.15, 0.2) is 0 Å². The maximum atomic E-state index is 6.05. The molecule has 19 heavy (non-hydrogen) atoms. The normalized spacial score (nSPS) is 32.3. The standard InChI is InChI=1S/C15H19Cl2NO/c1-15(2)13(12-4-3-5-19-14(12)15)18-11-7-9(16)6-10(17)8-11/h6-8,12-14,18H,3-5H2,1-2H3. The summed E-state index contributed by atoms with van der Waals surface area (Å²) in [6.07, 6.45) is 2.78. The summed E-state index contributed by atoms with van der Waals surface area (Å²) in [5, 5.41) is 4.94. The molecule has 2 fully saturated rings. The monoisotopic (exact) mass is 299 g/mol. The predicted molar refractivity (Wildman–Crippen MR) is 80.1 cm³/mol. The van der Waals surface area contributed by atoms with Crippen molar-refractivity contribution in [2.75, 3.05) is 11.9 Å². The Morgan fingerprint density at radius 2 is 1.89 bits per heavy atom. The van der Waals surface area contributed by atoms with Gasteiger partial charge in [0.2, 0.25) is 0 Å². The van der Waals surface area contributed by atoms with E-state index in [2.05, 4.69) is 19.2 Å². The topological polar surface area (TPSA) is 21.3 Å². The van der Waals surface area contributed by atoms with Gasteiger partial charge in [-0.15, -0.1) is 0 Å². The van der Waals surface area contributed by atoms with Crippen molar-refractivity contribution in [1.29, 1.82) is 0 Å². The van der Waals surface area contributed by atoms with Gasteiger partial charge in [-0.2, -0.15) is 0 Å². The summed E-state index contributed by atoms with van der Waals surface area (Å²) in [6.45, 7) is 5.44. The third-order valence-electron chi connectivity index (χ3n) is 4.52. The molecule has 2 aliphatic rings. The van der Waals surface area contributed by atoms with Crippen LogP contribution in [0.2, 0.25) is 10.0 Å². The Hall–Kier alpha value is -0.440. The average molecular weight is 300 g/mol. The van der Waals surface area contributed by atoms with Gasteiger partial charge in [-0.05, 0) is 31.0 Å². The second-order valence-electron chi connectivity index (χ2n) is 6.20. The Labute approximate surface area is 124 Å². The fourth-order valence-electron chi connectivity index (χ4n) is 3.63. The Kier molecular flexibility index (Phi) is 3.45. The van der Waals surface area contributed by atoms with Crippen molar-refractivity contribution in [1.82, 2.24) is 0 Å². The first kappa shape index (κ1) is 13.5.